The third-order valence-corrected chi connectivity index (χ3v) is 7.44. The Morgan fingerprint density at radius 3 is 2.69 bits per heavy atom. The molecule has 1 unspecified atom stereocenters. The Labute approximate surface area is 168 Å². The SMILES string of the molecule is CC(C)(C)S(=O)/N=C/c1nc2ccn(COCC[Si](C)(C)C)c2cc1Br. The molecule has 26 heavy (non-hydrogen) atoms. The average Bonchev–Trinajstić information content (AvgIpc) is 2.89. The molecule has 8 heteroatoms. The lowest BCUT2D eigenvalue weighted by molar-refractivity contribution is 0.0902. The number of aromatic nitrogens is 2. The van der Waals surface area contributed by atoms with Crippen molar-refractivity contribution in [2.75, 3.05) is 6.61 Å². The van der Waals surface area contributed by atoms with Gasteiger partial charge in [-0.25, -0.2) is 9.19 Å². The standard InChI is InChI=1S/C18H28BrN3O2SSi/c1-18(2,3)25(23)20-12-16-14(19)11-17-15(21-16)7-8-22(17)13-24-9-10-26(4,5)6/h7-8,11-12H,9-10,13H2,1-6H3/b20-12+. The monoisotopic (exact) mass is 457 g/mol. The van der Waals surface area contributed by atoms with Crippen molar-refractivity contribution in [2.24, 2.45) is 4.40 Å². The molecule has 144 valence electrons. The number of pyridine rings is 1. The zero-order valence-electron chi connectivity index (χ0n) is 16.4. The molecule has 0 aliphatic carbocycles. The van der Waals surface area contributed by atoms with Crippen LogP contribution in [0.1, 0.15) is 26.5 Å². The molecule has 0 N–H and O–H groups in total. The summed E-state index contributed by atoms with van der Waals surface area (Å²) in [5, 5.41) is 0. The van der Waals surface area contributed by atoms with E-state index in [4.69, 9.17) is 4.74 Å². The number of ether oxygens (including phenoxy) is 1. The molecule has 2 rings (SSSR count). The highest BCUT2D eigenvalue weighted by Gasteiger charge is 2.18. The summed E-state index contributed by atoms with van der Waals surface area (Å²) in [7, 11) is -2.38. The maximum absolute atomic E-state index is 12.1. The van der Waals surface area contributed by atoms with Crippen LogP contribution in [0.5, 0.6) is 0 Å². The molecule has 2 aromatic rings. The lowest BCUT2D eigenvalue weighted by Crippen LogP contribution is -2.21. The third kappa shape index (κ3) is 6.11. The summed E-state index contributed by atoms with van der Waals surface area (Å²) in [5.74, 6) is 0. The van der Waals surface area contributed by atoms with Gasteiger partial charge in [0.05, 0.1) is 27.7 Å². The molecule has 0 aliphatic rings. The average molecular weight is 458 g/mol. The number of rotatable bonds is 7. The highest BCUT2D eigenvalue weighted by atomic mass is 79.9. The van der Waals surface area contributed by atoms with Gasteiger partial charge in [-0.1, -0.05) is 19.6 Å². The Morgan fingerprint density at radius 1 is 1.38 bits per heavy atom. The van der Waals surface area contributed by atoms with E-state index in [0.717, 1.165) is 28.2 Å². The van der Waals surface area contributed by atoms with Crippen LogP contribution in [0, 0.1) is 0 Å². The molecule has 0 radical (unpaired) electrons. The van der Waals surface area contributed by atoms with E-state index in [9.17, 15) is 4.21 Å². The molecule has 0 amide bonds. The number of halogens is 1. The van der Waals surface area contributed by atoms with E-state index in [0.29, 0.717) is 12.4 Å². The van der Waals surface area contributed by atoms with Crippen LogP contribution in [0.3, 0.4) is 0 Å². The molecule has 0 aliphatic heterocycles. The number of fused-ring (bicyclic) bond motifs is 1. The minimum Gasteiger partial charge on any atom is -0.361 e. The zero-order valence-corrected chi connectivity index (χ0v) is 19.8. The minimum absolute atomic E-state index is 0.385. The van der Waals surface area contributed by atoms with Crippen LogP contribution in [-0.2, 0) is 22.5 Å². The zero-order chi connectivity index (χ0) is 19.5. The number of hydrogen-bond acceptors (Lipinski definition) is 3. The smallest absolute Gasteiger partial charge is 0.144 e. The van der Waals surface area contributed by atoms with Crippen LogP contribution in [0.15, 0.2) is 27.2 Å². The Balaban J connectivity index is 2.13. The van der Waals surface area contributed by atoms with Crippen molar-refractivity contribution in [3.05, 3.63) is 28.5 Å². The third-order valence-electron chi connectivity index (χ3n) is 3.75. The van der Waals surface area contributed by atoms with E-state index >= 15 is 0 Å². The molecule has 1 atom stereocenters. The van der Waals surface area contributed by atoms with Crippen molar-refractivity contribution in [1.82, 2.24) is 9.55 Å². The van der Waals surface area contributed by atoms with Crippen LogP contribution >= 0.6 is 15.9 Å². The summed E-state index contributed by atoms with van der Waals surface area (Å²) >= 11 is 3.54. The van der Waals surface area contributed by atoms with E-state index in [2.05, 4.69) is 45.0 Å². The van der Waals surface area contributed by atoms with Gasteiger partial charge in [0.15, 0.2) is 0 Å². The molecule has 0 bridgehead atoms. The first-order valence-electron chi connectivity index (χ1n) is 8.66. The summed E-state index contributed by atoms with van der Waals surface area (Å²) < 4.78 is 24.6. The van der Waals surface area contributed by atoms with Gasteiger partial charge in [-0.2, -0.15) is 4.40 Å². The van der Waals surface area contributed by atoms with Crippen LogP contribution in [0.25, 0.3) is 11.0 Å². The predicted molar refractivity (Wildman–Crippen MR) is 117 cm³/mol. The van der Waals surface area contributed by atoms with Gasteiger partial charge in [0.25, 0.3) is 0 Å². The lowest BCUT2D eigenvalue weighted by Gasteiger charge is -2.15. The minimum atomic E-state index is -1.30. The second-order valence-electron chi connectivity index (χ2n) is 8.49. The van der Waals surface area contributed by atoms with E-state index in [-0.39, 0.29) is 4.75 Å². The highest BCUT2D eigenvalue weighted by molar-refractivity contribution is 9.10. The van der Waals surface area contributed by atoms with E-state index in [1.807, 2.05) is 43.7 Å². The van der Waals surface area contributed by atoms with Crippen LogP contribution in [0.2, 0.25) is 25.7 Å². The second kappa shape index (κ2) is 8.46. The first-order valence-corrected chi connectivity index (χ1v) is 14.3. The molecular weight excluding hydrogens is 430 g/mol. The molecular formula is C18H28BrN3O2SSi. The van der Waals surface area contributed by atoms with Crippen LogP contribution < -0.4 is 0 Å². The van der Waals surface area contributed by atoms with Gasteiger partial charge >= 0.3 is 0 Å². The molecule has 0 saturated heterocycles. The quantitative estimate of drug-likeness (QED) is 0.334. The molecule has 2 aromatic heterocycles. The Morgan fingerprint density at radius 2 is 2.08 bits per heavy atom. The largest absolute Gasteiger partial charge is 0.361 e. The van der Waals surface area contributed by atoms with Crippen molar-refractivity contribution in [2.45, 2.75) is 57.9 Å². The van der Waals surface area contributed by atoms with Crippen LogP contribution in [0.4, 0.5) is 0 Å². The Hall–Kier alpha value is -0.833. The summed E-state index contributed by atoms with van der Waals surface area (Å²) in [6, 6.07) is 5.12. The molecule has 5 nitrogen and oxygen atoms in total. The predicted octanol–water partition coefficient (Wildman–Crippen LogP) is 4.99. The number of hydrogen-bond donors (Lipinski definition) is 0. The van der Waals surface area contributed by atoms with Crippen molar-refractivity contribution in [3.8, 4) is 0 Å². The lowest BCUT2D eigenvalue weighted by atomic mass is 10.3. The summed E-state index contributed by atoms with van der Waals surface area (Å²) in [4.78, 5) is 4.62. The molecule has 0 saturated carbocycles. The van der Waals surface area contributed by atoms with Crippen molar-refractivity contribution in [3.63, 3.8) is 0 Å². The fourth-order valence-corrected chi connectivity index (χ4v) is 3.78. The number of nitrogens with zero attached hydrogens (tertiary/aromatic N) is 3. The summed E-state index contributed by atoms with van der Waals surface area (Å²) in [6.45, 7) is 14.0. The Bertz CT molecular complexity index is 822. The van der Waals surface area contributed by atoms with E-state index < -0.39 is 19.1 Å². The fraction of sp³-hybridized carbons (Fsp3) is 0.556. The van der Waals surface area contributed by atoms with Gasteiger partial charge in [-0.3, -0.25) is 0 Å². The normalized spacial score (nSPS) is 14.4. The van der Waals surface area contributed by atoms with Crippen molar-refractivity contribution < 1.29 is 8.95 Å². The first-order chi connectivity index (χ1) is 12.0. The van der Waals surface area contributed by atoms with Gasteiger partial charge in [0.1, 0.15) is 17.7 Å². The van der Waals surface area contributed by atoms with Crippen molar-refractivity contribution >= 4 is 52.2 Å². The second-order valence-corrected chi connectivity index (χ2v) is 16.9. The van der Waals surface area contributed by atoms with Gasteiger partial charge in [0.2, 0.25) is 0 Å². The van der Waals surface area contributed by atoms with Crippen molar-refractivity contribution in [1.29, 1.82) is 0 Å². The van der Waals surface area contributed by atoms with E-state index in [1.54, 1.807) is 6.21 Å². The topological polar surface area (TPSA) is 56.5 Å². The van der Waals surface area contributed by atoms with E-state index in [1.165, 1.54) is 0 Å². The molecule has 2 heterocycles. The molecule has 0 spiro atoms. The van der Waals surface area contributed by atoms with Gasteiger partial charge in [0, 0.05) is 25.4 Å². The molecule has 0 fully saturated rings. The summed E-state index contributed by atoms with van der Waals surface area (Å²) in [5.41, 5.74) is 2.54. The maximum atomic E-state index is 12.1. The van der Waals surface area contributed by atoms with Gasteiger partial charge < -0.3 is 9.30 Å². The van der Waals surface area contributed by atoms with Gasteiger partial charge in [-0.05, 0) is 54.9 Å². The Kier molecular flexibility index (Phi) is 6.98. The summed E-state index contributed by atoms with van der Waals surface area (Å²) in [6.07, 6.45) is 3.56. The molecule has 0 aromatic carbocycles. The highest BCUT2D eigenvalue weighted by Crippen LogP contribution is 2.22. The van der Waals surface area contributed by atoms with Gasteiger partial charge in [-0.15, -0.1) is 0 Å². The fourth-order valence-electron chi connectivity index (χ4n) is 2.10. The van der Waals surface area contributed by atoms with Crippen LogP contribution in [-0.4, -0.2) is 39.4 Å². The maximum Gasteiger partial charge on any atom is 0.144 e. The first kappa shape index (κ1) is 21.5.